The Bertz CT molecular complexity index is 2370. The standard InChI is InChI=1S/C49H51FN4O8/c50-41-25-31(19-22-51-27-43(56)39-15-17-42(55)47-40(39)16-18-45(57)52-47)9-14-37(41)30-61-48(58)35-12-10-32(11-13-35)29-60-38-8-4-7-36(26-38)46(34-5-2-1-3-6-34)53-49(59)62-44-28-54-23-20-33(44)21-24-54/h1-18,25-26,33,43-46,51-52,55-57H,19-24,27-30H2,(H,53,59)/t43-,44-,45?,46-/m0/s1. The number of hydrogen-bond donors (Lipinski definition) is 6. The monoisotopic (exact) mass is 842 g/mol. The number of piperidine rings is 3. The predicted octanol–water partition coefficient (Wildman–Crippen LogP) is 7.00. The Morgan fingerprint density at radius 3 is 2.42 bits per heavy atom. The van der Waals surface area contributed by atoms with Crippen LogP contribution in [0.5, 0.6) is 11.5 Å². The van der Waals surface area contributed by atoms with Gasteiger partial charge in [0.15, 0.2) is 0 Å². The number of alkyl carbamates (subject to hydrolysis) is 1. The van der Waals surface area contributed by atoms with Gasteiger partial charge in [0.2, 0.25) is 0 Å². The topological polar surface area (TPSA) is 162 Å². The van der Waals surface area contributed by atoms with Crippen molar-refractivity contribution in [3.05, 3.63) is 166 Å². The van der Waals surface area contributed by atoms with Crippen LogP contribution in [0.1, 0.15) is 74.3 Å². The van der Waals surface area contributed by atoms with Crippen LogP contribution in [0.25, 0.3) is 6.08 Å². The molecular weight excluding hydrogens is 792 g/mol. The number of phenolic OH excluding ortho intramolecular Hbond substituents is 1. The van der Waals surface area contributed by atoms with Crippen LogP contribution >= 0.6 is 0 Å². The van der Waals surface area contributed by atoms with Crippen LogP contribution in [0, 0.1) is 11.7 Å². The summed E-state index contributed by atoms with van der Waals surface area (Å²) >= 11 is 0. The molecule has 3 saturated heterocycles. The fourth-order valence-electron chi connectivity index (χ4n) is 8.33. The molecule has 0 aromatic heterocycles. The highest BCUT2D eigenvalue weighted by Crippen LogP contribution is 2.37. The van der Waals surface area contributed by atoms with Gasteiger partial charge in [-0.15, -0.1) is 0 Å². The molecular formula is C49H51FN4O8. The van der Waals surface area contributed by atoms with Gasteiger partial charge in [0.05, 0.1) is 23.4 Å². The first-order chi connectivity index (χ1) is 30.2. The average molecular weight is 843 g/mol. The Kier molecular flexibility index (Phi) is 13.4. The molecule has 6 N–H and O–H groups in total. The maximum atomic E-state index is 15.0. The van der Waals surface area contributed by atoms with Gasteiger partial charge in [0.1, 0.15) is 42.9 Å². The minimum absolute atomic E-state index is 0.0216. The summed E-state index contributed by atoms with van der Waals surface area (Å²) in [6.07, 6.45) is 3.44. The number of halogens is 1. The van der Waals surface area contributed by atoms with Crippen molar-refractivity contribution < 1.29 is 43.5 Å². The van der Waals surface area contributed by atoms with Gasteiger partial charge in [-0.1, -0.05) is 78.9 Å². The fourth-order valence-corrected chi connectivity index (χ4v) is 8.33. The molecule has 0 spiro atoms. The lowest BCUT2D eigenvalue weighted by Gasteiger charge is -2.43. The van der Waals surface area contributed by atoms with Crippen LogP contribution in [0.4, 0.5) is 14.9 Å². The number of aromatic hydroxyl groups is 1. The third-order valence-corrected chi connectivity index (χ3v) is 11.8. The Labute approximate surface area is 360 Å². The second-order valence-corrected chi connectivity index (χ2v) is 16.0. The van der Waals surface area contributed by atoms with E-state index in [4.69, 9.17) is 14.2 Å². The summed E-state index contributed by atoms with van der Waals surface area (Å²) in [4.78, 5) is 28.5. The van der Waals surface area contributed by atoms with Gasteiger partial charge in [0.25, 0.3) is 0 Å². The zero-order valence-corrected chi connectivity index (χ0v) is 34.2. The van der Waals surface area contributed by atoms with Crippen LogP contribution in [-0.2, 0) is 29.1 Å². The number of anilines is 1. The van der Waals surface area contributed by atoms with Crippen molar-refractivity contribution in [1.82, 2.24) is 15.5 Å². The van der Waals surface area contributed by atoms with Gasteiger partial charge in [-0.05, 0) is 115 Å². The summed E-state index contributed by atoms with van der Waals surface area (Å²) in [5.41, 5.74) is 5.45. The molecule has 4 aliphatic heterocycles. The lowest BCUT2D eigenvalue weighted by atomic mass is 9.86. The lowest BCUT2D eigenvalue weighted by Crippen LogP contribution is -2.52. The summed E-state index contributed by atoms with van der Waals surface area (Å²) < 4.78 is 32.6. The molecule has 0 aliphatic carbocycles. The van der Waals surface area contributed by atoms with Crippen LogP contribution in [0.3, 0.4) is 0 Å². The van der Waals surface area contributed by atoms with Gasteiger partial charge in [-0.3, -0.25) is 4.90 Å². The molecule has 322 valence electrons. The van der Waals surface area contributed by atoms with E-state index in [1.807, 2.05) is 54.6 Å². The van der Waals surface area contributed by atoms with Crippen LogP contribution < -0.4 is 20.7 Å². The normalized spacial score (nSPS) is 19.7. The largest absolute Gasteiger partial charge is 0.506 e. The Balaban J connectivity index is 0.793. The highest BCUT2D eigenvalue weighted by atomic mass is 19.1. The first kappa shape index (κ1) is 42.4. The van der Waals surface area contributed by atoms with Gasteiger partial charge >= 0.3 is 12.1 Å². The number of esters is 1. The molecule has 62 heavy (non-hydrogen) atoms. The Morgan fingerprint density at radius 2 is 1.66 bits per heavy atom. The molecule has 5 aromatic carbocycles. The molecule has 4 aliphatic rings. The molecule has 4 atom stereocenters. The van der Waals surface area contributed by atoms with E-state index in [2.05, 4.69) is 20.9 Å². The minimum atomic E-state index is -0.926. The number of carbonyl (C=O) groups excluding carboxylic acids is 2. The van der Waals surface area contributed by atoms with Crippen molar-refractivity contribution in [2.75, 3.05) is 38.0 Å². The van der Waals surface area contributed by atoms with Crippen molar-refractivity contribution in [2.24, 2.45) is 5.92 Å². The van der Waals surface area contributed by atoms with Gasteiger partial charge in [-0.25, -0.2) is 14.0 Å². The van der Waals surface area contributed by atoms with E-state index in [1.54, 1.807) is 48.5 Å². The molecule has 1 amide bonds. The van der Waals surface area contributed by atoms with E-state index in [-0.39, 0.29) is 37.2 Å². The number of aliphatic hydroxyl groups excluding tert-OH is 2. The quantitative estimate of drug-likeness (QED) is 0.0345. The number of amides is 1. The molecule has 13 heteroatoms. The fraction of sp³-hybridized carbons (Fsp3) is 0.306. The average Bonchev–Trinajstić information content (AvgIpc) is 3.29. The smallest absolute Gasteiger partial charge is 0.408 e. The first-order valence-corrected chi connectivity index (χ1v) is 21.0. The summed E-state index contributed by atoms with van der Waals surface area (Å²) in [5.74, 6) is -0.0714. The first-order valence-electron chi connectivity index (χ1n) is 21.0. The van der Waals surface area contributed by atoms with E-state index >= 15 is 4.39 Å². The van der Waals surface area contributed by atoms with E-state index in [1.165, 1.54) is 18.2 Å². The number of phenols is 1. The summed E-state index contributed by atoms with van der Waals surface area (Å²) in [5, 5.41) is 39.8. The number of fused-ring (bicyclic) bond motifs is 4. The lowest BCUT2D eigenvalue weighted by molar-refractivity contribution is -0.0336. The predicted molar refractivity (Wildman–Crippen MR) is 232 cm³/mol. The van der Waals surface area contributed by atoms with Crippen LogP contribution in [0.2, 0.25) is 0 Å². The van der Waals surface area contributed by atoms with E-state index in [0.29, 0.717) is 47.0 Å². The Hall–Kier alpha value is -6.25. The maximum Gasteiger partial charge on any atom is 0.408 e. The third kappa shape index (κ3) is 10.4. The number of ether oxygens (including phenoxy) is 3. The molecule has 0 saturated carbocycles. The summed E-state index contributed by atoms with van der Waals surface area (Å²) in [6, 6.07) is 31.6. The number of nitrogens with zero attached hydrogens (tertiary/aromatic N) is 1. The number of aliphatic hydroxyl groups is 2. The SMILES string of the molecule is O=C(N[C@@H](c1ccccc1)c1cccc(OCc2ccc(C(=O)OCc3ccc(CCNC[C@H](O)c4ccc(O)c5c4C=CC(O)N5)cc3F)cc2)c1)O[C@H]1CN2CCC1CC2. The highest BCUT2D eigenvalue weighted by molar-refractivity contribution is 5.89. The maximum absolute atomic E-state index is 15.0. The van der Waals surface area contributed by atoms with Crippen molar-refractivity contribution in [2.45, 2.75) is 57.0 Å². The molecule has 5 aromatic rings. The zero-order chi connectivity index (χ0) is 43.0. The molecule has 9 rings (SSSR count). The number of rotatable bonds is 16. The van der Waals surface area contributed by atoms with Gasteiger partial charge in [0, 0.05) is 24.2 Å². The van der Waals surface area contributed by atoms with Gasteiger partial charge < -0.3 is 45.5 Å². The third-order valence-electron chi connectivity index (χ3n) is 11.8. The van der Waals surface area contributed by atoms with Crippen molar-refractivity contribution in [3.63, 3.8) is 0 Å². The van der Waals surface area contributed by atoms with Crippen molar-refractivity contribution in [1.29, 1.82) is 0 Å². The van der Waals surface area contributed by atoms with E-state index in [0.717, 1.165) is 54.7 Å². The second kappa shape index (κ2) is 19.6. The second-order valence-electron chi connectivity index (χ2n) is 16.0. The molecule has 2 bridgehead atoms. The van der Waals surface area contributed by atoms with Crippen molar-refractivity contribution in [3.8, 4) is 11.5 Å². The van der Waals surface area contributed by atoms with Crippen molar-refractivity contribution >= 4 is 23.8 Å². The van der Waals surface area contributed by atoms with Gasteiger partial charge in [-0.2, -0.15) is 0 Å². The van der Waals surface area contributed by atoms with Crippen LogP contribution in [0.15, 0.2) is 115 Å². The zero-order valence-electron chi connectivity index (χ0n) is 34.2. The summed E-state index contributed by atoms with van der Waals surface area (Å²) in [7, 11) is 0. The van der Waals surface area contributed by atoms with E-state index < -0.39 is 36.3 Å². The number of hydrogen-bond acceptors (Lipinski definition) is 11. The number of benzene rings is 5. The Morgan fingerprint density at radius 1 is 0.887 bits per heavy atom. The van der Waals surface area contributed by atoms with E-state index in [9.17, 15) is 24.9 Å². The number of carbonyl (C=O) groups is 2. The van der Waals surface area contributed by atoms with Crippen LogP contribution in [-0.4, -0.2) is 77.3 Å². The molecule has 0 radical (unpaired) electrons. The highest BCUT2D eigenvalue weighted by Gasteiger charge is 2.37. The molecule has 1 unspecified atom stereocenters. The number of nitrogens with one attached hydrogen (secondary N) is 3. The summed E-state index contributed by atoms with van der Waals surface area (Å²) in [6.45, 7) is 3.60. The minimum Gasteiger partial charge on any atom is -0.506 e. The molecule has 4 heterocycles. The molecule has 3 fully saturated rings. The molecule has 12 nitrogen and oxygen atoms in total.